The number of aldehydes is 1. The Balaban J connectivity index is 3.25. The molecular weight excluding hydrogens is 116 g/mol. The van der Waals surface area contributed by atoms with Crippen molar-refractivity contribution in [2.24, 2.45) is 5.92 Å². The number of carbonyl (C=O) groups is 1. The predicted molar refractivity (Wildman–Crippen MR) is 36.1 cm³/mol. The van der Waals surface area contributed by atoms with E-state index in [-0.39, 0.29) is 6.42 Å². The van der Waals surface area contributed by atoms with Crippen LogP contribution in [-0.4, -0.2) is 17.5 Å². The molecule has 0 aliphatic carbocycles. The van der Waals surface area contributed by atoms with Crippen LogP contribution in [0.25, 0.3) is 0 Å². The molecule has 0 aliphatic heterocycles. The van der Waals surface area contributed by atoms with Gasteiger partial charge in [-0.3, -0.25) is 0 Å². The van der Waals surface area contributed by atoms with Crippen molar-refractivity contribution in [3.63, 3.8) is 0 Å². The molecule has 0 aromatic rings. The average Bonchev–Trinajstić information content (AvgIpc) is 1.63. The van der Waals surface area contributed by atoms with Crippen LogP contribution in [0.2, 0.25) is 0 Å². The monoisotopic (exact) mass is 130 g/mol. The Morgan fingerprint density at radius 2 is 2.11 bits per heavy atom. The quantitative estimate of drug-likeness (QED) is 0.576. The van der Waals surface area contributed by atoms with Gasteiger partial charge in [0.25, 0.3) is 0 Å². The fourth-order valence-electron chi connectivity index (χ4n) is 0.751. The van der Waals surface area contributed by atoms with Crippen molar-refractivity contribution in [1.29, 1.82) is 0 Å². The Morgan fingerprint density at radius 3 is 2.44 bits per heavy atom. The summed E-state index contributed by atoms with van der Waals surface area (Å²) < 4.78 is 0. The lowest BCUT2D eigenvalue weighted by atomic mass is 10.0. The summed E-state index contributed by atoms with van der Waals surface area (Å²) >= 11 is 0. The van der Waals surface area contributed by atoms with Crippen LogP contribution < -0.4 is 0 Å². The molecule has 1 unspecified atom stereocenters. The first-order valence-electron chi connectivity index (χ1n) is 3.28. The molecule has 1 N–H and O–H groups in total. The molecule has 0 spiro atoms. The molecule has 0 saturated carbocycles. The molecule has 0 bridgehead atoms. The Bertz CT molecular complexity index is 79.0. The van der Waals surface area contributed by atoms with Crippen molar-refractivity contribution < 1.29 is 9.90 Å². The zero-order valence-electron chi connectivity index (χ0n) is 6.00. The van der Waals surface area contributed by atoms with Gasteiger partial charge < -0.3 is 9.90 Å². The van der Waals surface area contributed by atoms with E-state index in [1.54, 1.807) is 0 Å². The molecule has 0 aromatic heterocycles. The third-order valence-electron chi connectivity index (χ3n) is 1.11. The Hall–Kier alpha value is -0.370. The summed E-state index contributed by atoms with van der Waals surface area (Å²) in [6.45, 7) is 4.04. The molecule has 0 fully saturated rings. The molecule has 0 aliphatic rings. The summed E-state index contributed by atoms with van der Waals surface area (Å²) in [7, 11) is 0. The van der Waals surface area contributed by atoms with Crippen molar-refractivity contribution in [1.82, 2.24) is 0 Å². The lowest BCUT2D eigenvalue weighted by molar-refractivity contribution is -0.109. The maximum Gasteiger partial charge on any atom is 0.122 e. The highest BCUT2D eigenvalue weighted by atomic mass is 16.3. The van der Waals surface area contributed by atoms with Crippen LogP contribution in [0.4, 0.5) is 0 Å². The van der Waals surface area contributed by atoms with Crippen LogP contribution in [-0.2, 0) is 4.79 Å². The van der Waals surface area contributed by atoms with Crippen LogP contribution in [0, 0.1) is 5.92 Å². The van der Waals surface area contributed by atoms with Gasteiger partial charge in [0.1, 0.15) is 6.29 Å². The standard InChI is InChI=1S/C7H14O2/c1-6(2)5-7(9)3-4-8/h4,6-7,9H,3,5H2,1-2H3. The van der Waals surface area contributed by atoms with E-state index in [0.717, 1.165) is 12.7 Å². The van der Waals surface area contributed by atoms with E-state index in [0.29, 0.717) is 5.92 Å². The number of aliphatic hydroxyl groups is 1. The van der Waals surface area contributed by atoms with E-state index in [2.05, 4.69) is 0 Å². The van der Waals surface area contributed by atoms with E-state index in [1.165, 1.54) is 0 Å². The van der Waals surface area contributed by atoms with E-state index in [1.807, 2.05) is 13.8 Å². The Morgan fingerprint density at radius 1 is 1.56 bits per heavy atom. The van der Waals surface area contributed by atoms with E-state index >= 15 is 0 Å². The summed E-state index contributed by atoms with van der Waals surface area (Å²) in [6.07, 6.45) is 1.33. The van der Waals surface area contributed by atoms with E-state index < -0.39 is 6.10 Å². The van der Waals surface area contributed by atoms with Crippen molar-refractivity contribution in [2.45, 2.75) is 32.8 Å². The average molecular weight is 130 g/mol. The van der Waals surface area contributed by atoms with Crippen LogP contribution in [0.5, 0.6) is 0 Å². The molecule has 0 radical (unpaired) electrons. The number of hydrogen-bond acceptors (Lipinski definition) is 2. The second-order valence-electron chi connectivity index (χ2n) is 2.69. The highest BCUT2D eigenvalue weighted by Gasteiger charge is 2.04. The lowest BCUT2D eigenvalue weighted by Crippen LogP contribution is -2.09. The molecule has 0 saturated heterocycles. The van der Waals surface area contributed by atoms with Crippen molar-refractivity contribution in [2.75, 3.05) is 0 Å². The zero-order valence-corrected chi connectivity index (χ0v) is 6.00. The number of carbonyl (C=O) groups excluding carboxylic acids is 1. The van der Waals surface area contributed by atoms with Crippen molar-refractivity contribution >= 4 is 6.29 Å². The van der Waals surface area contributed by atoms with Crippen LogP contribution >= 0.6 is 0 Å². The van der Waals surface area contributed by atoms with Gasteiger partial charge in [0, 0.05) is 6.42 Å². The normalized spacial score (nSPS) is 13.8. The fourth-order valence-corrected chi connectivity index (χ4v) is 0.751. The van der Waals surface area contributed by atoms with Crippen LogP contribution in [0.3, 0.4) is 0 Å². The van der Waals surface area contributed by atoms with Gasteiger partial charge in [-0.25, -0.2) is 0 Å². The largest absolute Gasteiger partial charge is 0.393 e. The van der Waals surface area contributed by atoms with Gasteiger partial charge in [0.05, 0.1) is 6.10 Å². The minimum atomic E-state index is -0.428. The summed E-state index contributed by atoms with van der Waals surface area (Å²) in [4.78, 5) is 9.84. The minimum Gasteiger partial charge on any atom is -0.393 e. The third kappa shape index (κ3) is 5.50. The van der Waals surface area contributed by atoms with Crippen molar-refractivity contribution in [3.05, 3.63) is 0 Å². The molecular formula is C7H14O2. The maximum absolute atomic E-state index is 9.84. The first-order chi connectivity index (χ1) is 4.16. The number of rotatable bonds is 4. The molecule has 0 aromatic carbocycles. The molecule has 1 atom stereocenters. The summed E-state index contributed by atoms with van der Waals surface area (Å²) in [5.74, 6) is 0.472. The molecule has 0 rings (SSSR count). The summed E-state index contributed by atoms with van der Waals surface area (Å²) in [5, 5.41) is 8.99. The second kappa shape index (κ2) is 4.50. The van der Waals surface area contributed by atoms with Gasteiger partial charge in [-0.05, 0) is 12.3 Å². The topological polar surface area (TPSA) is 37.3 Å². The highest BCUT2D eigenvalue weighted by molar-refractivity contribution is 5.49. The van der Waals surface area contributed by atoms with Gasteiger partial charge in [0.2, 0.25) is 0 Å². The molecule has 2 heteroatoms. The third-order valence-corrected chi connectivity index (χ3v) is 1.11. The zero-order chi connectivity index (χ0) is 7.28. The van der Waals surface area contributed by atoms with Gasteiger partial charge in [-0.1, -0.05) is 13.8 Å². The molecule has 0 amide bonds. The van der Waals surface area contributed by atoms with E-state index in [4.69, 9.17) is 5.11 Å². The fraction of sp³-hybridized carbons (Fsp3) is 0.857. The molecule has 0 heterocycles. The van der Waals surface area contributed by atoms with Crippen LogP contribution in [0.1, 0.15) is 26.7 Å². The molecule has 2 nitrogen and oxygen atoms in total. The second-order valence-corrected chi connectivity index (χ2v) is 2.69. The summed E-state index contributed by atoms with van der Waals surface area (Å²) in [6, 6.07) is 0. The number of aliphatic hydroxyl groups excluding tert-OH is 1. The van der Waals surface area contributed by atoms with E-state index in [9.17, 15) is 4.79 Å². The maximum atomic E-state index is 9.84. The van der Waals surface area contributed by atoms with Gasteiger partial charge >= 0.3 is 0 Å². The predicted octanol–water partition coefficient (Wildman–Crippen LogP) is 0.982. The van der Waals surface area contributed by atoms with Gasteiger partial charge in [0.15, 0.2) is 0 Å². The summed E-state index contributed by atoms with van der Waals surface area (Å²) in [5.41, 5.74) is 0. The molecule has 9 heavy (non-hydrogen) atoms. The number of hydrogen-bond donors (Lipinski definition) is 1. The first-order valence-corrected chi connectivity index (χ1v) is 3.28. The smallest absolute Gasteiger partial charge is 0.122 e. The van der Waals surface area contributed by atoms with Crippen molar-refractivity contribution in [3.8, 4) is 0 Å². The Kier molecular flexibility index (Phi) is 4.32. The van der Waals surface area contributed by atoms with Crippen LogP contribution in [0.15, 0.2) is 0 Å². The highest BCUT2D eigenvalue weighted by Crippen LogP contribution is 2.05. The Labute approximate surface area is 55.9 Å². The van der Waals surface area contributed by atoms with Gasteiger partial charge in [-0.15, -0.1) is 0 Å². The lowest BCUT2D eigenvalue weighted by Gasteiger charge is -2.08. The van der Waals surface area contributed by atoms with Gasteiger partial charge in [-0.2, -0.15) is 0 Å². The first kappa shape index (κ1) is 8.63. The molecule has 54 valence electrons. The SMILES string of the molecule is CC(C)CC(O)CC=O. The minimum absolute atomic E-state index is 0.276.